The second-order valence-electron chi connectivity index (χ2n) is 6.09. The highest BCUT2D eigenvalue weighted by Crippen LogP contribution is 2.33. The summed E-state index contributed by atoms with van der Waals surface area (Å²) in [5, 5.41) is 25.6. The molecule has 3 aromatic rings. The number of phenols is 1. The highest BCUT2D eigenvalue weighted by Gasteiger charge is 2.19. The average molecular weight is 414 g/mol. The maximum absolute atomic E-state index is 12.9. The van der Waals surface area contributed by atoms with E-state index in [9.17, 15) is 20.0 Å². The predicted molar refractivity (Wildman–Crippen MR) is 108 cm³/mol. The number of aromatic hydroxyl groups is 1. The van der Waals surface area contributed by atoms with Gasteiger partial charge >= 0.3 is 5.69 Å². The molecule has 0 aliphatic rings. The van der Waals surface area contributed by atoms with E-state index in [0.29, 0.717) is 17.0 Å². The molecule has 0 spiro atoms. The number of nitrogens with zero attached hydrogens (tertiary/aromatic N) is 4. The molecule has 11 heteroatoms. The summed E-state index contributed by atoms with van der Waals surface area (Å²) in [7, 11) is 4.25. The number of fused-ring (bicyclic) bond motifs is 1. The van der Waals surface area contributed by atoms with Gasteiger partial charge in [-0.15, -0.1) is 0 Å². The molecule has 11 nitrogen and oxygen atoms in total. The van der Waals surface area contributed by atoms with E-state index in [1.165, 1.54) is 33.5 Å². The van der Waals surface area contributed by atoms with Crippen molar-refractivity contribution in [1.29, 1.82) is 0 Å². The second-order valence-corrected chi connectivity index (χ2v) is 6.09. The molecule has 0 fully saturated rings. The van der Waals surface area contributed by atoms with E-state index in [-0.39, 0.29) is 22.5 Å². The summed E-state index contributed by atoms with van der Waals surface area (Å²) >= 11 is 0. The predicted octanol–water partition coefficient (Wildman–Crippen LogP) is 2.23. The van der Waals surface area contributed by atoms with Gasteiger partial charge in [0.1, 0.15) is 11.6 Å². The number of nitro benzene ring substituents is 1. The third kappa shape index (κ3) is 3.60. The van der Waals surface area contributed by atoms with E-state index in [0.717, 1.165) is 17.0 Å². The molecule has 1 aromatic heterocycles. The lowest BCUT2D eigenvalue weighted by atomic mass is 10.1. The molecule has 0 unspecified atom stereocenters. The van der Waals surface area contributed by atoms with Crippen molar-refractivity contribution in [3.8, 4) is 23.0 Å². The van der Waals surface area contributed by atoms with Gasteiger partial charge in [-0.2, -0.15) is 9.78 Å². The summed E-state index contributed by atoms with van der Waals surface area (Å²) in [6, 6.07) is 5.51. The lowest BCUT2D eigenvalue weighted by Gasteiger charge is -2.10. The first kappa shape index (κ1) is 20.6. The summed E-state index contributed by atoms with van der Waals surface area (Å²) in [6.45, 7) is 1.57. The molecule has 0 amide bonds. The van der Waals surface area contributed by atoms with Gasteiger partial charge in [0.15, 0.2) is 11.5 Å². The smallest absolute Gasteiger partial charge is 0.315 e. The van der Waals surface area contributed by atoms with Crippen LogP contribution in [0, 0.1) is 17.0 Å². The highest BCUT2D eigenvalue weighted by atomic mass is 16.6. The maximum atomic E-state index is 12.9. The standard InChI is InChI=1S/C19H18N4O7/c1-10-21-14-8-17(30-4)16(29-3)7-13(14)19(25)22(10)20-9-11-5-12(28-2)6-15(18(11)24)23(26)27/h5-9,24H,1-4H3/b20-9+. The van der Waals surface area contributed by atoms with Gasteiger partial charge in [0, 0.05) is 11.6 Å². The van der Waals surface area contributed by atoms with Crippen LogP contribution in [0.5, 0.6) is 23.0 Å². The van der Waals surface area contributed by atoms with Crippen LogP contribution in [0.2, 0.25) is 0 Å². The van der Waals surface area contributed by atoms with Crippen molar-refractivity contribution < 1.29 is 24.2 Å². The summed E-state index contributed by atoms with van der Waals surface area (Å²) in [5.41, 5.74) is -0.652. The molecule has 30 heavy (non-hydrogen) atoms. The first-order valence-corrected chi connectivity index (χ1v) is 8.55. The van der Waals surface area contributed by atoms with Gasteiger partial charge in [-0.25, -0.2) is 4.98 Å². The van der Waals surface area contributed by atoms with Crippen LogP contribution in [0.15, 0.2) is 34.2 Å². The number of aromatic nitrogens is 2. The molecular weight excluding hydrogens is 396 g/mol. The quantitative estimate of drug-likeness (QED) is 0.368. The van der Waals surface area contributed by atoms with Crippen LogP contribution < -0.4 is 19.8 Å². The Kier molecular flexibility index (Phi) is 5.54. The molecule has 3 rings (SSSR count). The Hall–Kier alpha value is -4.15. The summed E-state index contributed by atoms with van der Waals surface area (Å²) < 4.78 is 16.5. The highest BCUT2D eigenvalue weighted by molar-refractivity contribution is 5.87. The van der Waals surface area contributed by atoms with Crippen molar-refractivity contribution in [2.24, 2.45) is 5.10 Å². The molecule has 0 saturated carbocycles. The number of phenolic OH excluding ortho intramolecular Hbond substituents is 1. The zero-order chi connectivity index (χ0) is 22.0. The SMILES string of the molecule is COc1cc(/C=N/n2c(C)nc3cc(OC)c(OC)cc3c2=O)c(O)c([N+](=O)[O-])c1. The Labute approximate surface area is 169 Å². The third-order valence-electron chi connectivity index (χ3n) is 4.35. The van der Waals surface area contributed by atoms with E-state index in [1.807, 2.05) is 0 Å². The van der Waals surface area contributed by atoms with Gasteiger partial charge in [-0.3, -0.25) is 14.9 Å². The summed E-state index contributed by atoms with van der Waals surface area (Å²) in [6.07, 6.45) is 1.12. The van der Waals surface area contributed by atoms with Crippen molar-refractivity contribution in [3.63, 3.8) is 0 Å². The fourth-order valence-electron chi connectivity index (χ4n) is 2.84. The molecule has 1 heterocycles. The molecule has 0 saturated heterocycles. The number of hydrogen-bond acceptors (Lipinski definition) is 9. The van der Waals surface area contributed by atoms with Crippen LogP contribution in [-0.2, 0) is 0 Å². The maximum Gasteiger partial charge on any atom is 0.315 e. The van der Waals surface area contributed by atoms with Gasteiger partial charge < -0.3 is 19.3 Å². The van der Waals surface area contributed by atoms with E-state index < -0.39 is 21.9 Å². The van der Waals surface area contributed by atoms with Crippen LogP contribution in [-0.4, -0.2) is 47.2 Å². The van der Waals surface area contributed by atoms with Gasteiger partial charge in [0.25, 0.3) is 5.56 Å². The van der Waals surface area contributed by atoms with Gasteiger partial charge in [-0.1, -0.05) is 0 Å². The van der Waals surface area contributed by atoms with Crippen LogP contribution in [0.4, 0.5) is 5.69 Å². The Morgan fingerprint density at radius 3 is 2.40 bits per heavy atom. The lowest BCUT2D eigenvalue weighted by molar-refractivity contribution is -0.385. The van der Waals surface area contributed by atoms with Crippen LogP contribution >= 0.6 is 0 Å². The Morgan fingerprint density at radius 1 is 1.13 bits per heavy atom. The molecule has 2 aromatic carbocycles. The molecule has 0 aliphatic heterocycles. The summed E-state index contributed by atoms with van der Waals surface area (Å²) in [5.74, 6) is 0.581. The third-order valence-corrected chi connectivity index (χ3v) is 4.35. The van der Waals surface area contributed by atoms with Crippen molar-refractivity contribution >= 4 is 22.8 Å². The number of rotatable bonds is 6. The first-order chi connectivity index (χ1) is 14.3. The van der Waals surface area contributed by atoms with E-state index in [4.69, 9.17) is 14.2 Å². The van der Waals surface area contributed by atoms with Crippen molar-refractivity contribution in [3.05, 3.63) is 56.1 Å². The minimum Gasteiger partial charge on any atom is -0.502 e. The number of hydrogen-bond donors (Lipinski definition) is 1. The number of methoxy groups -OCH3 is 3. The largest absolute Gasteiger partial charge is 0.502 e. The molecule has 0 atom stereocenters. The van der Waals surface area contributed by atoms with E-state index in [1.54, 1.807) is 13.0 Å². The van der Waals surface area contributed by atoms with E-state index in [2.05, 4.69) is 10.1 Å². The summed E-state index contributed by atoms with van der Waals surface area (Å²) in [4.78, 5) is 27.7. The molecule has 0 aliphatic carbocycles. The number of nitro groups is 1. The van der Waals surface area contributed by atoms with Gasteiger partial charge in [0.2, 0.25) is 5.75 Å². The Balaban J connectivity index is 2.17. The molecule has 0 bridgehead atoms. The number of ether oxygens (including phenoxy) is 3. The minimum atomic E-state index is -0.746. The van der Waals surface area contributed by atoms with Crippen molar-refractivity contribution in [1.82, 2.24) is 9.66 Å². The fourth-order valence-corrected chi connectivity index (χ4v) is 2.84. The zero-order valence-corrected chi connectivity index (χ0v) is 16.6. The monoisotopic (exact) mass is 414 g/mol. The first-order valence-electron chi connectivity index (χ1n) is 8.55. The van der Waals surface area contributed by atoms with Gasteiger partial charge in [0.05, 0.1) is 49.4 Å². The van der Waals surface area contributed by atoms with Crippen LogP contribution in [0.3, 0.4) is 0 Å². The Morgan fingerprint density at radius 2 is 1.80 bits per heavy atom. The van der Waals surface area contributed by atoms with Crippen LogP contribution in [0.1, 0.15) is 11.4 Å². The van der Waals surface area contributed by atoms with Crippen LogP contribution in [0.25, 0.3) is 10.9 Å². The fraction of sp³-hybridized carbons (Fsp3) is 0.211. The normalized spacial score (nSPS) is 11.1. The van der Waals surface area contributed by atoms with Gasteiger partial charge in [-0.05, 0) is 19.1 Å². The zero-order valence-electron chi connectivity index (χ0n) is 16.6. The average Bonchev–Trinajstić information content (AvgIpc) is 2.73. The lowest BCUT2D eigenvalue weighted by Crippen LogP contribution is -2.20. The second kappa shape index (κ2) is 8.07. The number of benzene rings is 2. The molecule has 156 valence electrons. The minimum absolute atomic E-state index is 0.000224. The topological polar surface area (TPSA) is 138 Å². The van der Waals surface area contributed by atoms with E-state index >= 15 is 0 Å². The Bertz CT molecular complexity index is 1230. The number of aryl methyl sites for hydroxylation is 1. The van der Waals surface area contributed by atoms with Crippen molar-refractivity contribution in [2.45, 2.75) is 6.92 Å². The van der Waals surface area contributed by atoms with Crippen molar-refractivity contribution in [2.75, 3.05) is 21.3 Å². The molecular formula is C19H18N4O7. The molecule has 0 radical (unpaired) electrons. The molecule has 1 N–H and O–H groups in total.